The Morgan fingerprint density at radius 3 is 2.52 bits per heavy atom. The smallest absolute Gasteiger partial charge is 0.243 e. The molecule has 0 unspecified atom stereocenters. The van der Waals surface area contributed by atoms with E-state index in [1.807, 2.05) is 27.7 Å². The summed E-state index contributed by atoms with van der Waals surface area (Å²) in [5, 5.41) is 3.34. The fraction of sp³-hybridized carbons (Fsp3) is 0.588. The van der Waals surface area contributed by atoms with Crippen LogP contribution in [0.15, 0.2) is 28.1 Å². The molecule has 1 aliphatic rings. The van der Waals surface area contributed by atoms with Crippen LogP contribution in [0.2, 0.25) is 0 Å². The first-order chi connectivity index (χ1) is 11.8. The van der Waals surface area contributed by atoms with Crippen LogP contribution in [-0.4, -0.2) is 56.9 Å². The molecule has 0 amide bonds. The summed E-state index contributed by atoms with van der Waals surface area (Å²) in [6.07, 6.45) is 0. The van der Waals surface area contributed by atoms with Gasteiger partial charge in [-0.1, -0.05) is 0 Å². The van der Waals surface area contributed by atoms with Crippen molar-refractivity contribution in [1.29, 1.82) is 0 Å². The predicted octanol–water partition coefficient (Wildman–Crippen LogP) is 1.18. The van der Waals surface area contributed by atoms with E-state index < -0.39 is 10.0 Å². The third-order valence-corrected chi connectivity index (χ3v) is 5.84. The number of nitrogens with two attached hydrogens (primary N) is 1. The number of nitrogens with one attached hydrogen (secondary N) is 1. The van der Waals surface area contributed by atoms with Crippen molar-refractivity contribution in [3.05, 3.63) is 23.8 Å². The molecule has 1 aromatic rings. The van der Waals surface area contributed by atoms with Crippen LogP contribution in [-0.2, 0) is 10.0 Å². The molecule has 1 aromatic carbocycles. The standard InChI is InChI=1S/C17H28N4O3S/c1-5-19-17(18)15-9-14(7-8-16(15)24-6-2)25(22,23)21-10-12(3)20-13(4)11-21/h7-9,12-13,20H,5-6,10-11H2,1-4H3,(H2,18,19)/t12-,13+. The van der Waals surface area contributed by atoms with E-state index in [9.17, 15) is 8.42 Å². The van der Waals surface area contributed by atoms with Crippen LogP contribution in [0, 0.1) is 0 Å². The van der Waals surface area contributed by atoms with E-state index in [1.165, 1.54) is 4.31 Å². The second kappa shape index (κ2) is 8.16. The Morgan fingerprint density at radius 1 is 1.32 bits per heavy atom. The van der Waals surface area contributed by atoms with Gasteiger partial charge in [-0.15, -0.1) is 0 Å². The molecular formula is C17H28N4O3S. The number of amidine groups is 1. The van der Waals surface area contributed by atoms with Gasteiger partial charge in [-0.25, -0.2) is 8.42 Å². The van der Waals surface area contributed by atoms with Crippen LogP contribution < -0.4 is 15.8 Å². The van der Waals surface area contributed by atoms with E-state index in [0.29, 0.717) is 37.6 Å². The second-order valence-electron chi connectivity index (χ2n) is 6.24. The third kappa shape index (κ3) is 4.50. The van der Waals surface area contributed by atoms with E-state index in [-0.39, 0.29) is 22.8 Å². The summed E-state index contributed by atoms with van der Waals surface area (Å²) in [6.45, 7) is 9.55. The van der Waals surface area contributed by atoms with Crippen LogP contribution in [0.25, 0.3) is 0 Å². The third-order valence-electron chi connectivity index (χ3n) is 4.02. The molecule has 0 spiro atoms. The van der Waals surface area contributed by atoms with E-state index in [2.05, 4.69) is 10.3 Å². The molecule has 0 saturated carbocycles. The number of benzene rings is 1. The van der Waals surface area contributed by atoms with Crippen LogP contribution >= 0.6 is 0 Å². The Morgan fingerprint density at radius 2 is 1.96 bits per heavy atom. The first kappa shape index (κ1) is 19.7. The highest BCUT2D eigenvalue weighted by Gasteiger charge is 2.32. The highest BCUT2D eigenvalue weighted by Crippen LogP contribution is 2.26. The van der Waals surface area contributed by atoms with Crippen LogP contribution in [0.4, 0.5) is 0 Å². The van der Waals surface area contributed by atoms with Gasteiger partial charge in [-0.05, 0) is 45.9 Å². The minimum atomic E-state index is -3.60. The normalized spacial score (nSPS) is 22.8. The highest BCUT2D eigenvalue weighted by atomic mass is 32.2. The van der Waals surface area contributed by atoms with Crippen molar-refractivity contribution in [2.45, 2.75) is 44.7 Å². The molecule has 3 N–H and O–H groups in total. The van der Waals surface area contributed by atoms with Crippen molar-refractivity contribution in [2.24, 2.45) is 10.7 Å². The number of nitrogens with zero attached hydrogens (tertiary/aromatic N) is 2. The van der Waals surface area contributed by atoms with Gasteiger partial charge >= 0.3 is 0 Å². The van der Waals surface area contributed by atoms with Crippen molar-refractivity contribution in [3.63, 3.8) is 0 Å². The molecule has 1 heterocycles. The van der Waals surface area contributed by atoms with Crippen molar-refractivity contribution < 1.29 is 13.2 Å². The molecule has 0 aromatic heterocycles. The Kier molecular flexibility index (Phi) is 6.42. The Bertz CT molecular complexity index is 723. The monoisotopic (exact) mass is 368 g/mol. The van der Waals surface area contributed by atoms with Crippen LogP contribution in [0.3, 0.4) is 0 Å². The number of piperazine rings is 1. The Balaban J connectivity index is 2.44. The number of ether oxygens (including phenoxy) is 1. The number of rotatable bonds is 6. The van der Waals surface area contributed by atoms with Gasteiger partial charge in [0.1, 0.15) is 11.6 Å². The topological polar surface area (TPSA) is 97.0 Å². The lowest BCUT2D eigenvalue weighted by Crippen LogP contribution is -2.55. The molecule has 140 valence electrons. The summed E-state index contributed by atoms with van der Waals surface area (Å²) >= 11 is 0. The zero-order valence-electron chi connectivity index (χ0n) is 15.3. The SMILES string of the molecule is CC/N=C(\N)c1cc(S(=O)(=O)N2C[C@@H](C)N[C@@H](C)C2)ccc1OCC. The van der Waals surface area contributed by atoms with Gasteiger partial charge in [0, 0.05) is 31.7 Å². The number of sulfonamides is 1. The molecule has 1 saturated heterocycles. The zero-order chi connectivity index (χ0) is 18.6. The fourth-order valence-corrected chi connectivity index (χ4v) is 4.67. The van der Waals surface area contributed by atoms with Gasteiger partial charge in [-0.3, -0.25) is 4.99 Å². The summed E-state index contributed by atoms with van der Waals surface area (Å²) in [6, 6.07) is 4.99. The molecule has 1 fully saturated rings. The van der Waals surface area contributed by atoms with E-state index in [1.54, 1.807) is 18.2 Å². The minimum Gasteiger partial charge on any atom is -0.493 e. The average Bonchev–Trinajstić information content (AvgIpc) is 2.54. The predicted molar refractivity (Wildman–Crippen MR) is 99.7 cm³/mol. The molecule has 7 nitrogen and oxygen atoms in total. The number of aliphatic imine (C=N–C) groups is 1. The van der Waals surface area contributed by atoms with Gasteiger partial charge in [0.25, 0.3) is 0 Å². The second-order valence-corrected chi connectivity index (χ2v) is 8.18. The maximum atomic E-state index is 13.1. The molecular weight excluding hydrogens is 340 g/mol. The summed E-state index contributed by atoms with van der Waals surface area (Å²) < 4.78 is 33.2. The molecule has 8 heteroatoms. The van der Waals surface area contributed by atoms with Gasteiger partial charge in [0.15, 0.2) is 0 Å². The van der Waals surface area contributed by atoms with E-state index >= 15 is 0 Å². The van der Waals surface area contributed by atoms with Gasteiger partial charge in [0.05, 0.1) is 17.1 Å². The Hall–Kier alpha value is -1.64. The minimum absolute atomic E-state index is 0.104. The highest BCUT2D eigenvalue weighted by molar-refractivity contribution is 7.89. The summed E-state index contributed by atoms with van der Waals surface area (Å²) in [4.78, 5) is 4.40. The lowest BCUT2D eigenvalue weighted by atomic mass is 10.2. The van der Waals surface area contributed by atoms with Crippen molar-refractivity contribution in [1.82, 2.24) is 9.62 Å². The summed E-state index contributed by atoms with van der Waals surface area (Å²) in [5.74, 6) is 0.822. The summed E-state index contributed by atoms with van der Waals surface area (Å²) in [7, 11) is -3.60. The first-order valence-electron chi connectivity index (χ1n) is 8.62. The largest absolute Gasteiger partial charge is 0.493 e. The first-order valence-corrected chi connectivity index (χ1v) is 10.1. The summed E-state index contributed by atoms with van der Waals surface area (Å²) in [5.41, 5.74) is 6.54. The van der Waals surface area contributed by atoms with Gasteiger partial charge in [0.2, 0.25) is 10.0 Å². The molecule has 2 rings (SSSR count). The van der Waals surface area contributed by atoms with Crippen LogP contribution in [0.5, 0.6) is 5.75 Å². The quantitative estimate of drug-likeness (QED) is 0.580. The van der Waals surface area contributed by atoms with Crippen molar-refractivity contribution >= 4 is 15.9 Å². The van der Waals surface area contributed by atoms with Crippen molar-refractivity contribution in [2.75, 3.05) is 26.2 Å². The van der Waals surface area contributed by atoms with E-state index in [4.69, 9.17) is 10.5 Å². The van der Waals surface area contributed by atoms with E-state index in [0.717, 1.165) is 0 Å². The van der Waals surface area contributed by atoms with Gasteiger partial charge in [-0.2, -0.15) is 4.31 Å². The lowest BCUT2D eigenvalue weighted by molar-refractivity contribution is 0.263. The molecule has 0 aliphatic carbocycles. The number of hydrogen-bond acceptors (Lipinski definition) is 5. The zero-order valence-corrected chi connectivity index (χ0v) is 16.1. The molecule has 0 radical (unpaired) electrons. The fourth-order valence-electron chi connectivity index (χ4n) is 3.03. The molecule has 0 bridgehead atoms. The molecule has 25 heavy (non-hydrogen) atoms. The Labute approximate surface area is 150 Å². The van der Waals surface area contributed by atoms with Gasteiger partial charge < -0.3 is 15.8 Å². The average molecular weight is 369 g/mol. The van der Waals surface area contributed by atoms with Crippen LogP contribution in [0.1, 0.15) is 33.3 Å². The molecule has 2 atom stereocenters. The number of hydrogen-bond donors (Lipinski definition) is 2. The maximum absolute atomic E-state index is 13.1. The lowest BCUT2D eigenvalue weighted by Gasteiger charge is -2.35. The van der Waals surface area contributed by atoms with Crippen molar-refractivity contribution in [3.8, 4) is 5.75 Å². The maximum Gasteiger partial charge on any atom is 0.243 e. The molecule has 1 aliphatic heterocycles.